The molecule has 0 atom stereocenters. The number of carbonyl (C=O) groups is 2. The van der Waals surface area contributed by atoms with Gasteiger partial charge in [-0.2, -0.15) is 0 Å². The van der Waals surface area contributed by atoms with E-state index in [4.69, 9.17) is 0 Å². The van der Waals surface area contributed by atoms with Gasteiger partial charge in [-0.3, -0.25) is 9.59 Å². The molecule has 0 unspecified atom stereocenters. The Bertz CT molecular complexity index is 749. The largest absolute Gasteiger partial charge is 0.292 e. The Morgan fingerprint density at radius 1 is 1.24 bits per heavy atom. The van der Waals surface area contributed by atoms with Gasteiger partial charge in [-0.1, -0.05) is 12.1 Å². The lowest BCUT2D eigenvalue weighted by molar-refractivity contribution is -0.131. The van der Waals surface area contributed by atoms with E-state index in [2.05, 4.69) is 0 Å². The predicted octanol–water partition coefficient (Wildman–Crippen LogP) is 1.31. The molecule has 2 aliphatic rings. The molecule has 1 aliphatic carbocycles. The molecule has 1 fully saturated rings. The van der Waals surface area contributed by atoms with Gasteiger partial charge in [0.15, 0.2) is 10.5 Å². The SMILES string of the molecule is CC1(C)C(=O)N(CC(=O)c2ccc3c(c2)CCC3)S1(=O)=O. The number of hydrogen-bond acceptors (Lipinski definition) is 4. The summed E-state index contributed by atoms with van der Waals surface area (Å²) in [7, 11) is -3.70. The molecule has 1 saturated heterocycles. The third-order valence-electron chi connectivity index (χ3n) is 4.38. The zero-order valence-corrected chi connectivity index (χ0v) is 12.9. The first-order valence-corrected chi connectivity index (χ1v) is 8.41. The lowest BCUT2D eigenvalue weighted by Crippen LogP contribution is -2.68. The van der Waals surface area contributed by atoms with E-state index in [0.29, 0.717) is 9.87 Å². The van der Waals surface area contributed by atoms with Crippen molar-refractivity contribution in [1.29, 1.82) is 0 Å². The van der Waals surface area contributed by atoms with Gasteiger partial charge in [-0.05, 0) is 50.3 Å². The van der Waals surface area contributed by atoms with Gasteiger partial charge in [0.1, 0.15) is 6.54 Å². The monoisotopic (exact) mass is 307 g/mol. The normalized spacial score (nSPS) is 21.8. The summed E-state index contributed by atoms with van der Waals surface area (Å²) in [6, 6.07) is 5.47. The molecule has 1 heterocycles. The topological polar surface area (TPSA) is 71.5 Å². The van der Waals surface area contributed by atoms with Crippen LogP contribution in [0.15, 0.2) is 18.2 Å². The first kappa shape index (κ1) is 14.3. The summed E-state index contributed by atoms with van der Waals surface area (Å²) in [6.07, 6.45) is 3.06. The molecule has 0 bridgehead atoms. The first-order chi connectivity index (χ1) is 9.75. The van der Waals surface area contributed by atoms with Crippen LogP contribution in [0.5, 0.6) is 0 Å². The Hall–Kier alpha value is -1.69. The molecule has 3 rings (SSSR count). The number of hydrogen-bond donors (Lipinski definition) is 0. The van der Waals surface area contributed by atoms with Crippen LogP contribution in [0, 0.1) is 0 Å². The van der Waals surface area contributed by atoms with Crippen molar-refractivity contribution < 1.29 is 18.0 Å². The van der Waals surface area contributed by atoms with Gasteiger partial charge < -0.3 is 0 Å². The summed E-state index contributed by atoms with van der Waals surface area (Å²) in [4.78, 5) is 24.1. The zero-order valence-electron chi connectivity index (χ0n) is 12.0. The van der Waals surface area contributed by atoms with Crippen LogP contribution in [0.2, 0.25) is 0 Å². The van der Waals surface area contributed by atoms with E-state index in [0.717, 1.165) is 24.8 Å². The van der Waals surface area contributed by atoms with Gasteiger partial charge in [0.05, 0.1) is 0 Å². The number of sulfonamides is 1. The van der Waals surface area contributed by atoms with E-state index in [9.17, 15) is 18.0 Å². The maximum Gasteiger partial charge on any atom is 0.259 e. The highest BCUT2D eigenvalue weighted by Gasteiger charge is 2.60. The number of fused-ring (bicyclic) bond motifs is 1. The second-order valence-electron chi connectivity index (χ2n) is 6.09. The molecule has 0 N–H and O–H groups in total. The number of benzene rings is 1. The Labute approximate surface area is 124 Å². The molecule has 1 aromatic rings. The standard InChI is InChI=1S/C15H17NO4S/c1-15(2)14(18)16(21(15,19)20)9-13(17)12-7-6-10-4-3-5-11(10)8-12/h6-8H,3-5,9H2,1-2H3. The lowest BCUT2D eigenvalue weighted by atomic mass is 10.0. The van der Waals surface area contributed by atoms with E-state index in [1.807, 2.05) is 12.1 Å². The maximum atomic E-state index is 12.2. The maximum absolute atomic E-state index is 12.2. The zero-order chi connectivity index (χ0) is 15.4. The fourth-order valence-electron chi connectivity index (χ4n) is 2.88. The van der Waals surface area contributed by atoms with Crippen molar-refractivity contribution in [3.05, 3.63) is 34.9 Å². The van der Waals surface area contributed by atoms with Crippen LogP contribution >= 0.6 is 0 Å². The third kappa shape index (κ3) is 1.92. The smallest absolute Gasteiger partial charge is 0.259 e. The van der Waals surface area contributed by atoms with E-state index in [1.165, 1.54) is 19.4 Å². The Morgan fingerprint density at radius 3 is 2.57 bits per heavy atom. The summed E-state index contributed by atoms with van der Waals surface area (Å²) in [5.41, 5.74) is 2.88. The van der Waals surface area contributed by atoms with Crippen molar-refractivity contribution in [3.63, 3.8) is 0 Å². The highest BCUT2D eigenvalue weighted by atomic mass is 32.2. The van der Waals surface area contributed by atoms with Crippen LogP contribution in [0.4, 0.5) is 0 Å². The van der Waals surface area contributed by atoms with E-state index in [-0.39, 0.29) is 5.78 Å². The summed E-state index contributed by atoms with van der Waals surface area (Å²) >= 11 is 0. The molecule has 5 nitrogen and oxygen atoms in total. The van der Waals surface area contributed by atoms with Crippen LogP contribution in [-0.2, 0) is 27.7 Å². The molecule has 1 amide bonds. The Balaban J connectivity index is 1.81. The summed E-state index contributed by atoms with van der Waals surface area (Å²) in [6.45, 7) is 2.32. The van der Waals surface area contributed by atoms with Crippen molar-refractivity contribution >= 4 is 21.7 Å². The number of aryl methyl sites for hydroxylation is 2. The minimum Gasteiger partial charge on any atom is -0.292 e. The van der Waals surface area contributed by atoms with E-state index < -0.39 is 27.2 Å². The first-order valence-electron chi connectivity index (χ1n) is 6.97. The number of carbonyl (C=O) groups excluding carboxylic acids is 2. The molecule has 21 heavy (non-hydrogen) atoms. The Kier molecular flexibility index (Phi) is 2.99. The lowest BCUT2D eigenvalue weighted by Gasteiger charge is -2.42. The van der Waals surface area contributed by atoms with Crippen LogP contribution in [0.25, 0.3) is 0 Å². The second kappa shape index (κ2) is 4.40. The average Bonchev–Trinajstić information content (AvgIpc) is 2.90. The highest BCUT2D eigenvalue weighted by Crippen LogP contribution is 2.34. The van der Waals surface area contributed by atoms with Crippen molar-refractivity contribution in [2.75, 3.05) is 6.54 Å². The number of amides is 1. The van der Waals surface area contributed by atoms with Crippen molar-refractivity contribution in [2.45, 2.75) is 37.9 Å². The number of Topliss-reactive ketones (excluding diaryl/α,β-unsaturated/α-hetero) is 1. The van der Waals surface area contributed by atoms with Gasteiger partial charge in [0.25, 0.3) is 15.9 Å². The molecule has 0 saturated carbocycles. The highest BCUT2D eigenvalue weighted by molar-refractivity contribution is 7.94. The van der Waals surface area contributed by atoms with Gasteiger partial charge >= 0.3 is 0 Å². The summed E-state index contributed by atoms with van der Waals surface area (Å²) in [5, 5.41) is 0. The van der Waals surface area contributed by atoms with Crippen LogP contribution < -0.4 is 0 Å². The molecule has 1 aliphatic heterocycles. The van der Waals surface area contributed by atoms with E-state index >= 15 is 0 Å². The van der Waals surface area contributed by atoms with Gasteiger partial charge in [0.2, 0.25) is 0 Å². The molecule has 0 aromatic heterocycles. The molecular weight excluding hydrogens is 290 g/mol. The average molecular weight is 307 g/mol. The Morgan fingerprint density at radius 2 is 1.90 bits per heavy atom. The number of nitrogens with zero attached hydrogens (tertiary/aromatic N) is 1. The molecule has 6 heteroatoms. The van der Waals surface area contributed by atoms with Crippen molar-refractivity contribution in [3.8, 4) is 0 Å². The van der Waals surface area contributed by atoms with Crippen molar-refractivity contribution in [1.82, 2.24) is 4.31 Å². The minimum atomic E-state index is -3.70. The quantitative estimate of drug-likeness (QED) is 0.789. The second-order valence-corrected chi connectivity index (χ2v) is 8.50. The fraction of sp³-hybridized carbons (Fsp3) is 0.467. The minimum absolute atomic E-state index is 0.336. The third-order valence-corrected chi connectivity index (χ3v) is 6.72. The van der Waals surface area contributed by atoms with Crippen LogP contribution in [-0.4, -0.2) is 35.7 Å². The number of ketones is 1. The van der Waals surface area contributed by atoms with Gasteiger partial charge in [0, 0.05) is 5.56 Å². The molecule has 1 aromatic carbocycles. The predicted molar refractivity (Wildman–Crippen MR) is 77.5 cm³/mol. The van der Waals surface area contributed by atoms with Gasteiger partial charge in [-0.25, -0.2) is 12.7 Å². The van der Waals surface area contributed by atoms with E-state index in [1.54, 1.807) is 6.07 Å². The van der Waals surface area contributed by atoms with Crippen LogP contribution in [0.3, 0.4) is 0 Å². The van der Waals surface area contributed by atoms with Crippen LogP contribution in [0.1, 0.15) is 41.8 Å². The molecular formula is C15H17NO4S. The summed E-state index contributed by atoms with van der Waals surface area (Å²) in [5.74, 6) is -0.853. The molecule has 0 spiro atoms. The van der Waals surface area contributed by atoms with Gasteiger partial charge in [-0.15, -0.1) is 0 Å². The number of rotatable bonds is 3. The van der Waals surface area contributed by atoms with Crippen molar-refractivity contribution in [2.24, 2.45) is 0 Å². The summed E-state index contributed by atoms with van der Waals surface area (Å²) < 4.78 is 23.2. The molecule has 0 radical (unpaired) electrons. The fourth-order valence-corrected chi connectivity index (χ4v) is 4.36. The molecule has 112 valence electrons.